The Labute approximate surface area is 138 Å². The van der Waals surface area contributed by atoms with Crippen molar-refractivity contribution in [2.75, 3.05) is 32.9 Å². The van der Waals surface area contributed by atoms with E-state index >= 15 is 0 Å². The van der Waals surface area contributed by atoms with Crippen LogP contribution in [0.3, 0.4) is 0 Å². The van der Waals surface area contributed by atoms with Crippen LogP contribution in [0.2, 0.25) is 0 Å². The Morgan fingerprint density at radius 3 is 2.70 bits per heavy atom. The number of carbonyl (C=O) groups is 1. The zero-order chi connectivity index (χ0) is 16.7. The summed E-state index contributed by atoms with van der Waals surface area (Å²) in [5, 5.41) is 2.96. The normalized spacial score (nSPS) is 17.0. The highest BCUT2D eigenvalue weighted by atomic mass is 16.5. The number of nitrogens with two attached hydrogens (primary N) is 1. The highest BCUT2D eigenvalue weighted by molar-refractivity contribution is 5.83. The fraction of sp³-hybridized carbons (Fsp3) is 0.611. The maximum Gasteiger partial charge on any atom is 0.227 e. The molecule has 5 heteroatoms. The summed E-state index contributed by atoms with van der Waals surface area (Å²) < 4.78 is 11.2. The Bertz CT molecular complexity index is 511. The van der Waals surface area contributed by atoms with E-state index in [-0.39, 0.29) is 5.91 Å². The van der Waals surface area contributed by atoms with Crippen LogP contribution >= 0.6 is 0 Å². The van der Waals surface area contributed by atoms with Crippen LogP contribution < -0.4 is 15.8 Å². The summed E-state index contributed by atoms with van der Waals surface area (Å²) in [6.07, 6.45) is 1.37. The first-order valence-corrected chi connectivity index (χ1v) is 8.37. The van der Waals surface area contributed by atoms with Gasteiger partial charge in [-0.3, -0.25) is 4.79 Å². The maximum atomic E-state index is 12.4. The fourth-order valence-corrected chi connectivity index (χ4v) is 2.89. The minimum Gasteiger partial charge on any atom is -0.491 e. The summed E-state index contributed by atoms with van der Waals surface area (Å²) in [5.41, 5.74) is 6.54. The van der Waals surface area contributed by atoms with Gasteiger partial charge in [0.1, 0.15) is 12.4 Å². The van der Waals surface area contributed by atoms with Gasteiger partial charge in [0.15, 0.2) is 0 Å². The lowest BCUT2D eigenvalue weighted by atomic mass is 9.79. The van der Waals surface area contributed by atoms with Crippen LogP contribution in [0.4, 0.5) is 0 Å². The molecule has 1 aliphatic heterocycles. The first-order valence-electron chi connectivity index (χ1n) is 8.37. The second-order valence-electron chi connectivity index (χ2n) is 6.39. The summed E-state index contributed by atoms with van der Waals surface area (Å²) in [6.45, 7) is 6.77. The molecule has 0 aliphatic carbocycles. The third-order valence-corrected chi connectivity index (χ3v) is 4.51. The summed E-state index contributed by atoms with van der Waals surface area (Å²) in [6, 6.07) is 8.02. The van der Waals surface area contributed by atoms with E-state index in [1.165, 1.54) is 5.56 Å². The molecule has 1 fully saturated rings. The fourth-order valence-electron chi connectivity index (χ4n) is 2.89. The largest absolute Gasteiger partial charge is 0.491 e. The van der Waals surface area contributed by atoms with Gasteiger partial charge in [-0.25, -0.2) is 0 Å². The van der Waals surface area contributed by atoms with Crippen molar-refractivity contribution in [2.24, 2.45) is 11.1 Å². The molecule has 1 aliphatic rings. The van der Waals surface area contributed by atoms with Crippen LogP contribution in [0.5, 0.6) is 5.75 Å². The average molecular weight is 320 g/mol. The lowest BCUT2D eigenvalue weighted by Gasteiger charge is -2.34. The Morgan fingerprint density at radius 1 is 1.35 bits per heavy atom. The van der Waals surface area contributed by atoms with Crippen molar-refractivity contribution in [1.82, 2.24) is 5.32 Å². The predicted octanol–water partition coefficient (Wildman–Crippen LogP) is 2.06. The molecule has 1 aromatic rings. The molecule has 0 saturated carbocycles. The molecule has 1 amide bonds. The van der Waals surface area contributed by atoms with Crippen LogP contribution in [-0.4, -0.2) is 38.8 Å². The number of nitrogens with one attached hydrogen (secondary N) is 1. The molecule has 0 spiro atoms. The summed E-state index contributed by atoms with van der Waals surface area (Å²) in [5.74, 6) is 1.31. The zero-order valence-electron chi connectivity index (χ0n) is 14.1. The second kappa shape index (κ2) is 8.31. The second-order valence-corrected chi connectivity index (χ2v) is 6.39. The van der Waals surface area contributed by atoms with E-state index in [1.807, 2.05) is 18.2 Å². The summed E-state index contributed by atoms with van der Waals surface area (Å²) in [7, 11) is 0. The number of para-hydroxylation sites is 1. The average Bonchev–Trinajstić information content (AvgIpc) is 2.59. The number of rotatable bonds is 7. The molecule has 0 radical (unpaired) electrons. The standard InChI is InChI=1S/C18H28N2O3/c1-14(2)15-5-3-4-6-16(15)23-12-9-20-17(21)18(13-19)7-10-22-11-8-18/h3-6,14H,7-13,19H2,1-2H3,(H,20,21). The number of benzene rings is 1. The predicted molar refractivity (Wildman–Crippen MR) is 90.6 cm³/mol. The molecule has 0 unspecified atom stereocenters. The lowest BCUT2D eigenvalue weighted by molar-refractivity contribution is -0.136. The zero-order valence-corrected chi connectivity index (χ0v) is 14.1. The van der Waals surface area contributed by atoms with Crippen molar-refractivity contribution in [2.45, 2.75) is 32.6 Å². The number of hydrogen-bond acceptors (Lipinski definition) is 4. The van der Waals surface area contributed by atoms with E-state index in [1.54, 1.807) is 0 Å². The van der Waals surface area contributed by atoms with Crippen LogP contribution in [0.15, 0.2) is 24.3 Å². The highest BCUT2D eigenvalue weighted by Crippen LogP contribution is 2.29. The molecule has 23 heavy (non-hydrogen) atoms. The van der Waals surface area contributed by atoms with Crippen LogP contribution in [0.25, 0.3) is 0 Å². The van der Waals surface area contributed by atoms with Crippen LogP contribution in [0.1, 0.15) is 38.2 Å². The molecule has 0 aromatic heterocycles. The Balaban J connectivity index is 1.82. The Kier molecular flexibility index (Phi) is 6.42. The topological polar surface area (TPSA) is 73.6 Å². The van der Waals surface area contributed by atoms with E-state index < -0.39 is 5.41 Å². The number of carbonyl (C=O) groups excluding carboxylic acids is 1. The van der Waals surface area contributed by atoms with E-state index in [2.05, 4.69) is 25.2 Å². The van der Waals surface area contributed by atoms with Crippen LogP contribution in [-0.2, 0) is 9.53 Å². The van der Waals surface area contributed by atoms with Gasteiger partial charge in [-0.05, 0) is 30.4 Å². The van der Waals surface area contributed by atoms with Crippen molar-refractivity contribution in [1.29, 1.82) is 0 Å². The third-order valence-electron chi connectivity index (χ3n) is 4.51. The summed E-state index contributed by atoms with van der Waals surface area (Å²) >= 11 is 0. The van der Waals surface area contributed by atoms with E-state index in [0.29, 0.717) is 51.7 Å². The van der Waals surface area contributed by atoms with Gasteiger partial charge in [-0.15, -0.1) is 0 Å². The molecular weight excluding hydrogens is 292 g/mol. The van der Waals surface area contributed by atoms with Gasteiger partial charge in [0.05, 0.1) is 12.0 Å². The molecule has 3 N–H and O–H groups in total. The Hall–Kier alpha value is -1.59. The smallest absolute Gasteiger partial charge is 0.227 e. The number of hydrogen-bond donors (Lipinski definition) is 2. The van der Waals surface area contributed by atoms with Gasteiger partial charge in [0, 0.05) is 19.8 Å². The quantitative estimate of drug-likeness (QED) is 0.754. The van der Waals surface area contributed by atoms with Gasteiger partial charge in [0.2, 0.25) is 5.91 Å². The molecular formula is C18H28N2O3. The minimum absolute atomic E-state index is 0.0176. The monoisotopic (exact) mass is 320 g/mol. The van der Waals surface area contributed by atoms with Gasteiger partial charge >= 0.3 is 0 Å². The summed E-state index contributed by atoms with van der Waals surface area (Å²) in [4.78, 5) is 12.4. The number of ether oxygens (including phenoxy) is 2. The minimum atomic E-state index is -0.478. The van der Waals surface area contributed by atoms with Gasteiger partial charge in [-0.1, -0.05) is 32.0 Å². The molecule has 128 valence electrons. The van der Waals surface area contributed by atoms with Crippen LogP contribution in [0, 0.1) is 5.41 Å². The Morgan fingerprint density at radius 2 is 2.04 bits per heavy atom. The molecule has 0 bridgehead atoms. The van der Waals surface area contributed by atoms with E-state index in [4.69, 9.17) is 15.2 Å². The first-order chi connectivity index (χ1) is 11.1. The van der Waals surface area contributed by atoms with E-state index in [0.717, 1.165) is 5.75 Å². The first kappa shape index (κ1) is 17.8. The van der Waals surface area contributed by atoms with Gasteiger partial charge in [-0.2, -0.15) is 0 Å². The SMILES string of the molecule is CC(C)c1ccccc1OCCNC(=O)C1(CN)CCOCC1. The van der Waals surface area contributed by atoms with Gasteiger partial charge < -0.3 is 20.5 Å². The maximum absolute atomic E-state index is 12.4. The van der Waals surface area contributed by atoms with Crippen molar-refractivity contribution in [3.63, 3.8) is 0 Å². The molecule has 2 rings (SSSR count). The van der Waals surface area contributed by atoms with Crippen molar-refractivity contribution >= 4 is 5.91 Å². The molecule has 5 nitrogen and oxygen atoms in total. The van der Waals surface area contributed by atoms with Crippen molar-refractivity contribution in [3.05, 3.63) is 29.8 Å². The van der Waals surface area contributed by atoms with E-state index in [9.17, 15) is 4.79 Å². The lowest BCUT2D eigenvalue weighted by Crippen LogP contribution is -2.49. The molecule has 0 atom stereocenters. The van der Waals surface area contributed by atoms with Gasteiger partial charge in [0.25, 0.3) is 0 Å². The molecule has 1 heterocycles. The molecule has 1 saturated heterocycles. The number of amides is 1. The van der Waals surface area contributed by atoms with Crippen molar-refractivity contribution < 1.29 is 14.3 Å². The third kappa shape index (κ3) is 4.45. The van der Waals surface area contributed by atoms with Crippen molar-refractivity contribution in [3.8, 4) is 5.75 Å². The molecule has 1 aromatic carbocycles. The highest BCUT2D eigenvalue weighted by Gasteiger charge is 2.38.